The zero-order valence-electron chi connectivity index (χ0n) is 20.7. The lowest BCUT2D eigenvalue weighted by atomic mass is 10.0. The van der Waals surface area contributed by atoms with Crippen LogP contribution < -0.4 is 16.0 Å². The molecule has 0 fully saturated rings. The van der Waals surface area contributed by atoms with Crippen molar-refractivity contribution >= 4 is 52.6 Å². The van der Waals surface area contributed by atoms with Gasteiger partial charge in [0.1, 0.15) is 5.69 Å². The summed E-state index contributed by atoms with van der Waals surface area (Å²) in [5.74, 6) is -0.417. The molecule has 188 valence electrons. The number of aromatic nitrogens is 1. The van der Waals surface area contributed by atoms with Gasteiger partial charge in [-0.15, -0.1) is 0 Å². The number of fused-ring (bicyclic) bond motifs is 1. The number of nitrogens with zero attached hydrogens (tertiary/aromatic N) is 3. The Morgan fingerprint density at radius 2 is 2.17 bits per heavy atom. The molecule has 0 spiro atoms. The van der Waals surface area contributed by atoms with E-state index in [1.807, 2.05) is 37.3 Å². The van der Waals surface area contributed by atoms with Crippen molar-refractivity contribution in [2.24, 2.45) is 9.98 Å². The van der Waals surface area contributed by atoms with Gasteiger partial charge in [-0.25, -0.2) is 4.98 Å². The first-order valence-corrected chi connectivity index (χ1v) is 11.8. The van der Waals surface area contributed by atoms with Crippen molar-refractivity contribution in [3.8, 4) is 0 Å². The zero-order valence-corrected chi connectivity index (χ0v) is 21.5. The molecule has 1 aromatic carbocycles. The fourth-order valence-electron chi connectivity index (χ4n) is 3.37. The summed E-state index contributed by atoms with van der Waals surface area (Å²) in [6, 6.07) is 5.57. The van der Waals surface area contributed by atoms with E-state index in [9.17, 15) is 9.90 Å². The molecule has 1 aromatic heterocycles. The first-order chi connectivity index (χ1) is 17.1. The molecule has 0 saturated heterocycles. The van der Waals surface area contributed by atoms with Gasteiger partial charge in [-0.1, -0.05) is 35.9 Å². The molecule has 1 aliphatic heterocycles. The van der Waals surface area contributed by atoms with Crippen LogP contribution in [0.15, 0.2) is 70.6 Å². The van der Waals surface area contributed by atoms with E-state index in [1.54, 1.807) is 32.5 Å². The number of carbonyl (C=O) groups is 1. The van der Waals surface area contributed by atoms with Gasteiger partial charge >= 0.3 is 0 Å². The number of carbonyl (C=O) groups excluding carboxylic acids is 1. The highest BCUT2D eigenvalue weighted by molar-refractivity contribution is 6.37. The van der Waals surface area contributed by atoms with E-state index in [0.29, 0.717) is 35.6 Å². The highest BCUT2D eigenvalue weighted by Gasteiger charge is 2.20. The number of aliphatic imine (C=N–C) groups is 2. The van der Waals surface area contributed by atoms with Crippen LogP contribution in [0.25, 0.3) is 16.5 Å². The lowest BCUT2D eigenvalue weighted by Gasteiger charge is -2.17. The lowest BCUT2D eigenvalue weighted by molar-refractivity contribution is 0.0905. The normalized spacial score (nSPS) is 13.9. The number of benzene rings is 1. The number of nitrogens with one attached hydrogen (secondary N) is 3. The third-order valence-electron chi connectivity index (χ3n) is 5.03. The van der Waals surface area contributed by atoms with Crippen molar-refractivity contribution in [1.29, 1.82) is 0 Å². The van der Waals surface area contributed by atoms with Crippen LogP contribution in [0.2, 0.25) is 5.02 Å². The zero-order chi connectivity index (χ0) is 26.3. The molecule has 9 heteroatoms. The molecule has 0 bridgehead atoms. The Hall–Kier alpha value is -3.75. The van der Waals surface area contributed by atoms with Gasteiger partial charge in [0.2, 0.25) is 0 Å². The minimum atomic E-state index is -0.930. The number of amides is 1. The molecule has 1 amide bonds. The third-order valence-corrected chi connectivity index (χ3v) is 5.40. The van der Waals surface area contributed by atoms with Crippen LogP contribution in [0.5, 0.6) is 0 Å². The predicted octanol–water partition coefficient (Wildman–Crippen LogP) is 4.49. The number of dihydropyridines is 1. The second-order valence-corrected chi connectivity index (χ2v) is 9.48. The lowest BCUT2D eigenvalue weighted by Crippen LogP contribution is -2.26. The Morgan fingerprint density at radius 1 is 1.39 bits per heavy atom. The number of anilines is 1. The molecular weight excluding hydrogens is 476 g/mol. The molecule has 0 aliphatic carbocycles. The molecule has 2 aromatic rings. The van der Waals surface area contributed by atoms with Crippen LogP contribution in [0, 0.1) is 0 Å². The van der Waals surface area contributed by atoms with Gasteiger partial charge in [0.05, 0.1) is 34.1 Å². The molecule has 0 unspecified atom stereocenters. The summed E-state index contributed by atoms with van der Waals surface area (Å²) in [5, 5.41) is 20.1. The third kappa shape index (κ3) is 7.13. The molecule has 1 aliphatic rings. The SMILES string of the molecule is C=N/C=C(\C=NCC(C)(C)O)c1ccc2nc(C(=O)NC3=CNCC=C3)c(Cl)c(NCC(=C)C)c2c1. The van der Waals surface area contributed by atoms with Gasteiger partial charge in [0.25, 0.3) is 5.91 Å². The monoisotopic (exact) mass is 506 g/mol. The van der Waals surface area contributed by atoms with Crippen molar-refractivity contribution in [2.45, 2.75) is 26.4 Å². The average molecular weight is 507 g/mol. The van der Waals surface area contributed by atoms with E-state index < -0.39 is 11.5 Å². The Bertz CT molecular complexity index is 1300. The number of halogens is 1. The second-order valence-electron chi connectivity index (χ2n) is 9.11. The molecule has 4 N–H and O–H groups in total. The van der Waals surface area contributed by atoms with Crippen LogP contribution in [0.1, 0.15) is 36.8 Å². The minimum Gasteiger partial charge on any atom is -0.389 e. The van der Waals surface area contributed by atoms with Crippen LogP contribution >= 0.6 is 11.6 Å². The van der Waals surface area contributed by atoms with E-state index in [4.69, 9.17) is 11.6 Å². The smallest absolute Gasteiger partial charge is 0.275 e. The largest absolute Gasteiger partial charge is 0.389 e. The van der Waals surface area contributed by atoms with E-state index in [0.717, 1.165) is 16.5 Å². The van der Waals surface area contributed by atoms with Crippen LogP contribution in [0.3, 0.4) is 0 Å². The van der Waals surface area contributed by atoms with Gasteiger partial charge in [-0.3, -0.25) is 14.8 Å². The average Bonchev–Trinajstić information content (AvgIpc) is 2.82. The number of allylic oxidation sites excluding steroid dienone is 2. The summed E-state index contributed by atoms with van der Waals surface area (Å²) in [6.45, 7) is 14.2. The van der Waals surface area contributed by atoms with Crippen LogP contribution in [0.4, 0.5) is 5.69 Å². The molecule has 0 atom stereocenters. The number of hydrogen-bond donors (Lipinski definition) is 4. The summed E-state index contributed by atoms with van der Waals surface area (Å²) in [4.78, 5) is 25.9. The molecule has 2 heterocycles. The second kappa shape index (κ2) is 11.8. The van der Waals surface area contributed by atoms with Gasteiger partial charge in [0, 0.05) is 42.7 Å². The maximum Gasteiger partial charge on any atom is 0.275 e. The highest BCUT2D eigenvalue weighted by Crippen LogP contribution is 2.34. The Balaban J connectivity index is 2.07. The summed E-state index contributed by atoms with van der Waals surface area (Å²) in [5.41, 5.74) is 3.35. The molecule has 0 radical (unpaired) electrons. The summed E-state index contributed by atoms with van der Waals surface area (Å²) in [7, 11) is 0. The summed E-state index contributed by atoms with van der Waals surface area (Å²) in [6.07, 6.45) is 8.68. The molecule has 0 saturated carbocycles. The van der Waals surface area contributed by atoms with E-state index in [2.05, 4.69) is 44.2 Å². The number of aliphatic hydroxyl groups is 1. The number of rotatable bonds is 10. The maximum absolute atomic E-state index is 13.1. The number of hydrogen-bond acceptors (Lipinski definition) is 7. The van der Waals surface area contributed by atoms with Crippen LogP contribution in [-0.2, 0) is 0 Å². The van der Waals surface area contributed by atoms with Gasteiger partial charge in [0.15, 0.2) is 0 Å². The first-order valence-electron chi connectivity index (χ1n) is 11.4. The van der Waals surface area contributed by atoms with Crippen molar-refractivity contribution < 1.29 is 9.90 Å². The van der Waals surface area contributed by atoms with Gasteiger partial charge in [-0.2, -0.15) is 0 Å². The van der Waals surface area contributed by atoms with Crippen LogP contribution in [-0.4, -0.2) is 54.2 Å². The highest BCUT2D eigenvalue weighted by atomic mass is 35.5. The van der Waals surface area contributed by atoms with Crippen molar-refractivity contribution in [3.63, 3.8) is 0 Å². The fourth-order valence-corrected chi connectivity index (χ4v) is 3.67. The van der Waals surface area contributed by atoms with E-state index in [1.165, 1.54) is 0 Å². The van der Waals surface area contributed by atoms with Crippen molar-refractivity contribution in [1.82, 2.24) is 15.6 Å². The molecule has 3 rings (SSSR count). The summed E-state index contributed by atoms with van der Waals surface area (Å²) >= 11 is 6.74. The van der Waals surface area contributed by atoms with Gasteiger partial charge < -0.3 is 21.1 Å². The number of pyridine rings is 1. The molecule has 36 heavy (non-hydrogen) atoms. The van der Waals surface area contributed by atoms with Crippen molar-refractivity contribution in [3.05, 3.63) is 76.9 Å². The fraction of sp³-hybridized carbons (Fsp3) is 0.259. The molecule has 8 nitrogen and oxygen atoms in total. The first kappa shape index (κ1) is 26.8. The summed E-state index contributed by atoms with van der Waals surface area (Å²) < 4.78 is 0. The Morgan fingerprint density at radius 3 is 2.81 bits per heavy atom. The van der Waals surface area contributed by atoms with E-state index >= 15 is 0 Å². The Kier molecular flexibility index (Phi) is 8.79. The minimum absolute atomic E-state index is 0.108. The van der Waals surface area contributed by atoms with Gasteiger partial charge in [-0.05, 0) is 51.3 Å². The Labute approximate surface area is 216 Å². The predicted molar refractivity (Wildman–Crippen MR) is 150 cm³/mol. The molecular formula is C27H31ClN6O2. The van der Waals surface area contributed by atoms with Crippen molar-refractivity contribution in [2.75, 3.05) is 25.0 Å². The van der Waals surface area contributed by atoms with E-state index in [-0.39, 0.29) is 17.3 Å². The maximum atomic E-state index is 13.1. The quantitative estimate of drug-likeness (QED) is 0.280. The standard InChI is InChI=1S/C27H31ClN6O2/c1-17(2)12-32-24-21-11-18(19(13-29-5)14-31-16-27(3,4)36)8-9-22(21)34-25(23(24)28)26(35)33-20-7-6-10-30-15-20/h6-9,11,13-15,30,36H,1,5,10,12,16H2,2-4H3,(H,32,34)(H,33,35)/b19-13+,31-14?. The topological polar surface area (TPSA) is 111 Å².